The van der Waals surface area contributed by atoms with Gasteiger partial charge in [0.15, 0.2) is 0 Å². The van der Waals surface area contributed by atoms with Crippen LogP contribution >= 0.6 is 11.6 Å². The number of ether oxygens (including phenoxy) is 1. The molecule has 0 aromatic heterocycles. The van der Waals surface area contributed by atoms with E-state index in [9.17, 15) is 14.4 Å². The number of halogens is 1. The predicted molar refractivity (Wildman–Crippen MR) is 148 cm³/mol. The molecular formula is C28H44ClN5O4. The van der Waals surface area contributed by atoms with E-state index in [0.717, 1.165) is 31.2 Å². The Hall–Kier alpha value is -2.36. The molecule has 0 radical (unpaired) electrons. The lowest BCUT2D eigenvalue weighted by Gasteiger charge is -2.47. The number of alkyl carbamates (subject to hydrolysis) is 1. The molecule has 1 aliphatic carbocycles. The average Bonchev–Trinajstić information content (AvgIpc) is 2.88. The summed E-state index contributed by atoms with van der Waals surface area (Å²) in [6, 6.07) is 6.32. The molecule has 0 spiro atoms. The number of hydrazine groups is 2. The van der Waals surface area contributed by atoms with E-state index in [1.165, 1.54) is 11.4 Å². The smallest absolute Gasteiger partial charge is 0.408 e. The van der Waals surface area contributed by atoms with Crippen molar-refractivity contribution in [3.05, 3.63) is 34.9 Å². The maximum atomic E-state index is 13.5. The highest BCUT2D eigenvalue weighted by Gasteiger charge is 2.49. The Morgan fingerprint density at radius 3 is 2.29 bits per heavy atom. The van der Waals surface area contributed by atoms with E-state index in [0.29, 0.717) is 43.4 Å². The van der Waals surface area contributed by atoms with E-state index in [1.54, 1.807) is 32.9 Å². The molecule has 1 aromatic carbocycles. The fraction of sp³-hybridized carbons (Fsp3) is 0.679. The van der Waals surface area contributed by atoms with Crippen molar-refractivity contribution in [1.29, 1.82) is 0 Å². The molecule has 3 rings (SSSR count). The lowest BCUT2D eigenvalue weighted by atomic mass is 9.63. The van der Waals surface area contributed by atoms with Gasteiger partial charge in [0, 0.05) is 31.1 Å². The van der Waals surface area contributed by atoms with Crippen LogP contribution in [0.4, 0.5) is 4.79 Å². The van der Waals surface area contributed by atoms with Gasteiger partial charge in [-0.15, -0.1) is 0 Å². The van der Waals surface area contributed by atoms with Crippen LogP contribution in [0.1, 0.15) is 78.2 Å². The van der Waals surface area contributed by atoms with Gasteiger partial charge in [0.1, 0.15) is 11.6 Å². The first-order valence-electron chi connectivity index (χ1n) is 13.8. The van der Waals surface area contributed by atoms with Crippen LogP contribution in [0.5, 0.6) is 0 Å². The van der Waals surface area contributed by atoms with Gasteiger partial charge in [0.05, 0.1) is 5.41 Å². The molecule has 1 saturated heterocycles. The SMILES string of the molecule is CCN(N)C(=O)C1(C2CCCCC2)CCN(NC(=O)[C@@H](Cc2ccc(Cl)cc2)NC(=O)OC(C)(C)C)CC1. The molecule has 1 heterocycles. The van der Waals surface area contributed by atoms with Crippen LogP contribution in [-0.4, -0.2) is 59.2 Å². The molecule has 10 heteroatoms. The number of piperidine rings is 1. The van der Waals surface area contributed by atoms with Gasteiger partial charge in [-0.2, -0.15) is 0 Å². The van der Waals surface area contributed by atoms with Crippen molar-refractivity contribution in [2.45, 2.75) is 90.7 Å². The van der Waals surface area contributed by atoms with E-state index < -0.39 is 23.2 Å². The fourth-order valence-corrected chi connectivity index (χ4v) is 5.77. The van der Waals surface area contributed by atoms with Crippen LogP contribution in [0.25, 0.3) is 0 Å². The van der Waals surface area contributed by atoms with Gasteiger partial charge >= 0.3 is 6.09 Å². The van der Waals surface area contributed by atoms with Crippen molar-refractivity contribution < 1.29 is 19.1 Å². The lowest BCUT2D eigenvalue weighted by molar-refractivity contribution is -0.152. The summed E-state index contributed by atoms with van der Waals surface area (Å²) in [6.07, 6.45) is 6.45. The number of amides is 3. The van der Waals surface area contributed by atoms with E-state index in [4.69, 9.17) is 22.2 Å². The summed E-state index contributed by atoms with van der Waals surface area (Å²) in [5.41, 5.74) is 2.65. The summed E-state index contributed by atoms with van der Waals surface area (Å²) in [7, 11) is 0. The van der Waals surface area contributed by atoms with E-state index in [-0.39, 0.29) is 18.2 Å². The largest absolute Gasteiger partial charge is 0.444 e. The second-order valence-electron chi connectivity index (χ2n) is 11.6. The van der Waals surface area contributed by atoms with Gasteiger partial charge in [0.25, 0.3) is 5.91 Å². The van der Waals surface area contributed by atoms with Gasteiger partial charge in [0.2, 0.25) is 5.91 Å². The van der Waals surface area contributed by atoms with Crippen molar-refractivity contribution in [2.75, 3.05) is 19.6 Å². The van der Waals surface area contributed by atoms with E-state index >= 15 is 0 Å². The zero-order valence-corrected chi connectivity index (χ0v) is 24.0. The number of carbonyl (C=O) groups excluding carboxylic acids is 3. The van der Waals surface area contributed by atoms with Crippen molar-refractivity contribution in [2.24, 2.45) is 17.2 Å². The number of nitrogens with one attached hydrogen (secondary N) is 2. The van der Waals surface area contributed by atoms with E-state index in [2.05, 4.69) is 10.7 Å². The molecule has 2 aliphatic rings. The number of carbonyl (C=O) groups is 3. The normalized spacial score (nSPS) is 19.3. The molecule has 1 aliphatic heterocycles. The number of nitrogens with zero attached hydrogens (tertiary/aromatic N) is 2. The number of nitrogens with two attached hydrogens (primary N) is 1. The van der Waals surface area contributed by atoms with Gasteiger partial charge in [-0.05, 0) is 77.0 Å². The van der Waals surface area contributed by atoms with E-state index in [1.807, 2.05) is 24.1 Å². The molecule has 2 fully saturated rings. The Kier molecular flexibility index (Phi) is 10.4. The monoisotopic (exact) mass is 549 g/mol. The first-order valence-corrected chi connectivity index (χ1v) is 14.2. The zero-order chi connectivity index (χ0) is 27.9. The summed E-state index contributed by atoms with van der Waals surface area (Å²) in [4.78, 5) is 39.4. The van der Waals surface area contributed by atoms with Gasteiger partial charge in [-0.3, -0.25) is 20.0 Å². The van der Waals surface area contributed by atoms with Crippen LogP contribution in [0.3, 0.4) is 0 Å². The summed E-state index contributed by atoms with van der Waals surface area (Å²) in [6.45, 7) is 8.74. The third-order valence-corrected chi connectivity index (χ3v) is 7.95. The highest BCUT2D eigenvalue weighted by Crippen LogP contribution is 2.46. The van der Waals surface area contributed by atoms with Crippen LogP contribution in [-0.2, 0) is 20.7 Å². The zero-order valence-electron chi connectivity index (χ0n) is 23.2. The lowest BCUT2D eigenvalue weighted by Crippen LogP contribution is -2.60. The molecule has 1 saturated carbocycles. The molecule has 212 valence electrons. The molecular weight excluding hydrogens is 506 g/mol. The third kappa shape index (κ3) is 8.07. The standard InChI is InChI=1S/C28H44ClN5O4/c1-5-34(30)25(36)28(21-9-7-6-8-10-21)15-17-33(18-16-28)32-24(35)23(31-26(37)38-27(2,3)4)19-20-11-13-22(29)14-12-20/h11-14,21,23H,5-10,15-19,30H2,1-4H3,(H,31,37)(H,32,35)/t23-/m1/s1. The minimum Gasteiger partial charge on any atom is -0.444 e. The number of rotatable bonds is 8. The maximum Gasteiger partial charge on any atom is 0.408 e. The van der Waals surface area contributed by atoms with Crippen LogP contribution in [0.15, 0.2) is 24.3 Å². The molecule has 9 nitrogen and oxygen atoms in total. The topological polar surface area (TPSA) is 117 Å². The summed E-state index contributed by atoms with van der Waals surface area (Å²) in [5, 5.41) is 6.53. The van der Waals surface area contributed by atoms with Crippen molar-refractivity contribution in [3.63, 3.8) is 0 Å². The van der Waals surface area contributed by atoms with Crippen LogP contribution in [0.2, 0.25) is 5.02 Å². The second kappa shape index (κ2) is 13.1. The minimum absolute atomic E-state index is 0.0186. The fourth-order valence-electron chi connectivity index (χ4n) is 5.65. The Balaban J connectivity index is 1.70. The van der Waals surface area contributed by atoms with Crippen molar-refractivity contribution >= 4 is 29.5 Å². The highest BCUT2D eigenvalue weighted by molar-refractivity contribution is 6.30. The highest BCUT2D eigenvalue weighted by atomic mass is 35.5. The van der Waals surface area contributed by atoms with Gasteiger partial charge < -0.3 is 10.1 Å². The van der Waals surface area contributed by atoms with Crippen molar-refractivity contribution in [3.8, 4) is 0 Å². The number of benzene rings is 1. The molecule has 0 unspecified atom stereocenters. The van der Waals surface area contributed by atoms with Gasteiger partial charge in [-0.25, -0.2) is 15.6 Å². The Labute approximate surface area is 231 Å². The second-order valence-corrected chi connectivity index (χ2v) is 12.0. The van der Waals surface area contributed by atoms with Gasteiger partial charge in [-0.1, -0.05) is 43.0 Å². The average molecular weight is 550 g/mol. The molecule has 3 amide bonds. The third-order valence-electron chi connectivity index (χ3n) is 7.70. The summed E-state index contributed by atoms with van der Waals surface area (Å²) in [5.74, 6) is 6.10. The molecule has 0 bridgehead atoms. The number of hydrogen-bond donors (Lipinski definition) is 3. The molecule has 1 atom stereocenters. The predicted octanol–water partition coefficient (Wildman–Crippen LogP) is 4.19. The Morgan fingerprint density at radius 2 is 1.74 bits per heavy atom. The summed E-state index contributed by atoms with van der Waals surface area (Å²) < 4.78 is 5.40. The Morgan fingerprint density at radius 1 is 1.13 bits per heavy atom. The first kappa shape index (κ1) is 30.2. The maximum absolute atomic E-state index is 13.5. The molecule has 1 aromatic rings. The Bertz CT molecular complexity index is 951. The van der Waals surface area contributed by atoms with Crippen LogP contribution in [0, 0.1) is 11.3 Å². The first-order chi connectivity index (χ1) is 17.9. The minimum atomic E-state index is -0.850. The van der Waals surface area contributed by atoms with Crippen molar-refractivity contribution in [1.82, 2.24) is 20.8 Å². The molecule has 4 N–H and O–H groups in total. The number of hydrogen-bond acceptors (Lipinski definition) is 6. The van der Waals surface area contributed by atoms with Crippen LogP contribution < -0.4 is 16.6 Å². The molecule has 38 heavy (non-hydrogen) atoms. The quantitative estimate of drug-likeness (QED) is 0.254. The summed E-state index contributed by atoms with van der Waals surface area (Å²) >= 11 is 6.02.